The Bertz CT molecular complexity index is 1480. The molecule has 4 aromatic rings. The van der Waals surface area contributed by atoms with Crippen molar-refractivity contribution in [2.24, 2.45) is 0 Å². The van der Waals surface area contributed by atoms with E-state index in [0.717, 1.165) is 43.5 Å². The molecular weight excluding hydrogens is 492 g/mol. The molecule has 4 rings (SSSR count). The third-order valence-corrected chi connectivity index (χ3v) is 7.43. The van der Waals surface area contributed by atoms with E-state index in [0.29, 0.717) is 12.4 Å². The molecule has 0 aliphatic rings. The number of benzene rings is 3. The van der Waals surface area contributed by atoms with Crippen molar-refractivity contribution in [1.29, 1.82) is 0 Å². The molecule has 0 fully saturated rings. The Labute approximate surface area is 217 Å². The molecule has 5 nitrogen and oxygen atoms in total. The molecule has 0 amide bonds. The number of fused-ring (bicyclic) bond motifs is 1. The van der Waals surface area contributed by atoms with E-state index >= 15 is 0 Å². The molecule has 2 atom stereocenters. The number of hydrogen-bond acceptors (Lipinski definition) is 5. The SMILES string of the molecule is CC#CC(CC(=O)O)c1ccc(OCc2ccc3scc(-c4cc(CS(=O)[O-])ccc4C)c3c2)cc1. The van der Waals surface area contributed by atoms with Crippen LogP contribution in [0.1, 0.15) is 41.5 Å². The molecule has 1 aromatic heterocycles. The second-order valence-corrected chi connectivity index (χ2v) is 10.3. The van der Waals surface area contributed by atoms with Gasteiger partial charge in [-0.15, -0.1) is 17.3 Å². The second kappa shape index (κ2) is 11.5. The highest BCUT2D eigenvalue weighted by Gasteiger charge is 2.14. The molecule has 0 saturated heterocycles. The van der Waals surface area contributed by atoms with Gasteiger partial charge in [-0.05, 0) is 77.4 Å². The quantitative estimate of drug-likeness (QED) is 0.205. The normalized spacial score (nSPS) is 12.5. The summed E-state index contributed by atoms with van der Waals surface area (Å²) in [7, 11) is 0. The van der Waals surface area contributed by atoms with Gasteiger partial charge in [-0.1, -0.05) is 47.3 Å². The average Bonchev–Trinajstić information content (AvgIpc) is 3.26. The van der Waals surface area contributed by atoms with Crippen LogP contribution in [0.2, 0.25) is 0 Å². The van der Waals surface area contributed by atoms with Crippen LogP contribution < -0.4 is 4.74 Å². The van der Waals surface area contributed by atoms with Gasteiger partial charge in [-0.2, -0.15) is 0 Å². The standard InChI is InChI=1S/C29H26O5S2/c1-3-4-23(15-29(30)31)22-8-10-24(11-9-22)34-16-20-7-12-28-26(13-20)27(17-35-28)25-14-21(18-36(32)33)6-5-19(25)2/h5-14,17,23H,15-16,18H2,1-2H3,(H,30,31)(H,32,33)/p-1. The molecule has 0 aliphatic carbocycles. The maximum atomic E-state index is 11.2. The molecule has 36 heavy (non-hydrogen) atoms. The van der Waals surface area contributed by atoms with Gasteiger partial charge in [0.15, 0.2) is 0 Å². The van der Waals surface area contributed by atoms with Crippen molar-refractivity contribution in [3.63, 3.8) is 0 Å². The largest absolute Gasteiger partial charge is 0.772 e. The highest BCUT2D eigenvalue weighted by Crippen LogP contribution is 2.37. The first kappa shape index (κ1) is 25.6. The Morgan fingerprint density at radius 2 is 1.83 bits per heavy atom. The van der Waals surface area contributed by atoms with E-state index in [1.54, 1.807) is 18.3 Å². The van der Waals surface area contributed by atoms with Gasteiger partial charge in [0, 0.05) is 21.4 Å². The van der Waals surface area contributed by atoms with Crippen LogP contribution in [0.15, 0.2) is 66.0 Å². The molecule has 0 saturated carbocycles. The van der Waals surface area contributed by atoms with Crippen molar-refractivity contribution in [2.45, 2.75) is 38.5 Å². The van der Waals surface area contributed by atoms with Crippen LogP contribution in [0.25, 0.3) is 21.2 Å². The monoisotopic (exact) mass is 517 g/mol. The zero-order valence-electron chi connectivity index (χ0n) is 19.9. The van der Waals surface area contributed by atoms with Crippen LogP contribution in [-0.2, 0) is 28.2 Å². The molecular formula is C29H25O5S2-. The molecule has 0 aliphatic heterocycles. The second-order valence-electron chi connectivity index (χ2n) is 8.48. The van der Waals surface area contributed by atoms with Crippen LogP contribution >= 0.6 is 11.3 Å². The molecule has 184 valence electrons. The third kappa shape index (κ3) is 6.21. The topological polar surface area (TPSA) is 86.7 Å². The van der Waals surface area contributed by atoms with Gasteiger partial charge < -0.3 is 14.4 Å². The Balaban J connectivity index is 1.53. The minimum atomic E-state index is -2.13. The van der Waals surface area contributed by atoms with Crippen LogP contribution in [0, 0.1) is 18.8 Å². The molecule has 0 bridgehead atoms. The summed E-state index contributed by atoms with van der Waals surface area (Å²) in [4.78, 5) is 11.1. The maximum Gasteiger partial charge on any atom is 0.304 e. The zero-order valence-corrected chi connectivity index (χ0v) is 21.6. The fourth-order valence-electron chi connectivity index (χ4n) is 4.12. The number of carboxylic acids is 1. The van der Waals surface area contributed by atoms with E-state index in [1.807, 2.05) is 55.5 Å². The number of aryl methyl sites for hydroxylation is 1. The minimum absolute atomic E-state index is 0.00466. The highest BCUT2D eigenvalue weighted by atomic mass is 32.2. The van der Waals surface area contributed by atoms with Crippen molar-refractivity contribution in [3.05, 3.63) is 88.3 Å². The van der Waals surface area contributed by atoms with E-state index in [-0.39, 0.29) is 18.1 Å². The van der Waals surface area contributed by atoms with Crippen LogP contribution in [0.3, 0.4) is 0 Å². The molecule has 7 heteroatoms. The first-order chi connectivity index (χ1) is 17.3. The van der Waals surface area contributed by atoms with E-state index < -0.39 is 17.0 Å². The number of thiophene rings is 1. The fourth-order valence-corrected chi connectivity index (χ4v) is 5.52. The summed E-state index contributed by atoms with van der Waals surface area (Å²) >= 11 is -0.478. The maximum absolute atomic E-state index is 11.2. The van der Waals surface area contributed by atoms with Gasteiger partial charge in [-0.3, -0.25) is 9.00 Å². The van der Waals surface area contributed by atoms with Gasteiger partial charge in [0.1, 0.15) is 12.4 Å². The zero-order chi connectivity index (χ0) is 25.7. The van der Waals surface area contributed by atoms with Crippen molar-refractivity contribution in [2.75, 3.05) is 0 Å². The lowest BCUT2D eigenvalue weighted by molar-refractivity contribution is -0.137. The minimum Gasteiger partial charge on any atom is -0.772 e. The predicted molar refractivity (Wildman–Crippen MR) is 144 cm³/mol. The first-order valence-electron chi connectivity index (χ1n) is 11.4. The number of ether oxygens (including phenoxy) is 1. The number of rotatable bonds is 9. The van der Waals surface area contributed by atoms with Gasteiger partial charge in [-0.25, -0.2) is 0 Å². The van der Waals surface area contributed by atoms with Crippen molar-refractivity contribution >= 4 is 38.5 Å². The molecule has 1 heterocycles. The summed E-state index contributed by atoms with van der Waals surface area (Å²) < 4.78 is 29.5. The molecule has 3 aromatic carbocycles. The summed E-state index contributed by atoms with van der Waals surface area (Å²) in [5.74, 6) is 5.22. The average molecular weight is 518 g/mol. The summed E-state index contributed by atoms with van der Waals surface area (Å²) in [6, 6.07) is 19.4. The number of hydrogen-bond donors (Lipinski definition) is 1. The lowest BCUT2D eigenvalue weighted by atomic mass is 9.96. The van der Waals surface area contributed by atoms with E-state index in [4.69, 9.17) is 9.84 Å². The van der Waals surface area contributed by atoms with Gasteiger partial charge in [0.2, 0.25) is 0 Å². The van der Waals surface area contributed by atoms with E-state index in [1.165, 1.54) is 0 Å². The van der Waals surface area contributed by atoms with Crippen LogP contribution in [0.5, 0.6) is 5.75 Å². The summed E-state index contributed by atoms with van der Waals surface area (Å²) in [5, 5.41) is 12.4. The number of carboxylic acid groups (broad SMARTS) is 1. The predicted octanol–water partition coefficient (Wildman–Crippen LogP) is 6.42. The summed E-state index contributed by atoms with van der Waals surface area (Å²) in [5.41, 5.74) is 5.83. The molecule has 1 N–H and O–H groups in total. The summed E-state index contributed by atoms with van der Waals surface area (Å²) in [6.07, 6.45) is -0.0405. The molecule has 0 spiro atoms. The van der Waals surface area contributed by atoms with Gasteiger partial charge in [0.25, 0.3) is 0 Å². The fraction of sp³-hybridized carbons (Fsp3) is 0.207. The third-order valence-electron chi connectivity index (χ3n) is 5.90. The summed E-state index contributed by atoms with van der Waals surface area (Å²) in [6.45, 7) is 4.11. The van der Waals surface area contributed by atoms with E-state index in [2.05, 4.69) is 29.4 Å². The van der Waals surface area contributed by atoms with Gasteiger partial charge >= 0.3 is 5.97 Å². The Morgan fingerprint density at radius 3 is 2.53 bits per heavy atom. The van der Waals surface area contributed by atoms with Gasteiger partial charge in [0.05, 0.1) is 12.3 Å². The number of aliphatic carboxylic acids is 1. The Kier molecular flexibility index (Phi) is 8.21. The lowest BCUT2D eigenvalue weighted by Crippen LogP contribution is -2.04. The number of carbonyl (C=O) groups is 1. The molecule has 0 radical (unpaired) electrons. The first-order valence-corrected chi connectivity index (χ1v) is 13.5. The molecule has 2 unspecified atom stereocenters. The van der Waals surface area contributed by atoms with Crippen LogP contribution in [0.4, 0.5) is 0 Å². The lowest BCUT2D eigenvalue weighted by Gasteiger charge is -2.12. The Hall–Kier alpha value is -3.44. The van der Waals surface area contributed by atoms with Crippen molar-refractivity contribution in [3.8, 4) is 28.7 Å². The smallest absolute Gasteiger partial charge is 0.304 e. The Morgan fingerprint density at radius 1 is 1.08 bits per heavy atom. The van der Waals surface area contributed by atoms with E-state index in [9.17, 15) is 13.6 Å². The van der Waals surface area contributed by atoms with Crippen molar-refractivity contribution in [1.82, 2.24) is 0 Å². The van der Waals surface area contributed by atoms with Crippen molar-refractivity contribution < 1.29 is 23.4 Å². The highest BCUT2D eigenvalue weighted by molar-refractivity contribution is 7.78. The van der Waals surface area contributed by atoms with Crippen LogP contribution in [-0.4, -0.2) is 19.8 Å².